The number of hydrogen-bond acceptors (Lipinski definition) is 3. The standard InChI is InChI=1S/C15H23FN2O/c1-3-14-10-15(11-17,8-9-19-14)18(2)13-6-4-12(16)5-7-13/h4-7,14H,3,8-11,17H2,1-2H3. The van der Waals surface area contributed by atoms with E-state index in [0.717, 1.165) is 31.6 Å². The molecular formula is C15H23FN2O. The molecule has 106 valence electrons. The fraction of sp³-hybridized carbons (Fsp3) is 0.600. The minimum absolute atomic E-state index is 0.0866. The van der Waals surface area contributed by atoms with Gasteiger partial charge in [-0.05, 0) is 43.5 Å². The van der Waals surface area contributed by atoms with Gasteiger partial charge in [0, 0.05) is 25.9 Å². The van der Waals surface area contributed by atoms with Gasteiger partial charge in [0.15, 0.2) is 0 Å². The molecule has 1 aromatic carbocycles. The van der Waals surface area contributed by atoms with E-state index in [4.69, 9.17) is 10.5 Å². The Morgan fingerprint density at radius 3 is 2.68 bits per heavy atom. The van der Waals surface area contributed by atoms with Gasteiger partial charge < -0.3 is 15.4 Å². The summed E-state index contributed by atoms with van der Waals surface area (Å²) < 4.78 is 18.8. The Morgan fingerprint density at radius 2 is 2.11 bits per heavy atom. The summed E-state index contributed by atoms with van der Waals surface area (Å²) in [5, 5.41) is 0. The molecule has 0 bridgehead atoms. The van der Waals surface area contributed by atoms with Crippen LogP contribution in [0.1, 0.15) is 26.2 Å². The molecule has 0 spiro atoms. The zero-order valence-electron chi connectivity index (χ0n) is 11.7. The first-order chi connectivity index (χ1) is 9.11. The molecule has 3 nitrogen and oxygen atoms in total. The Bertz CT molecular complexity index is 409. The van der Waals surface area contributed by atoms with Gasteiger partial charge in [-0.25, -0.2) is 4.39 Å². The topological polar surface area (TPSA) is 38.5 Å². The Hall–Kier alpha value is -1.13. The lowest BCUT2D eigenvalue weighted by Crippen LogP contribution is -2.57. The van der Waals surface area contributed by atoms with Crippen LogP contribution in [0.3, 0.4) is 0 Å². The highest BCUT2D eigenvalue weighted by atomic mass is 19.1. The molecular weight excluding hydrogens is 243 g/mol. The number of ether oxygens (including phenoxy) is 1. The van der Waals surface area contributed by atoms with Crippen molar-refractivity contribution in [3.05, 3.63) is 30.1 Å². The number of nitrogens with two attached hydrogens (primary N) is 1. The predicted molar refractivity (Wildman–Crippen MR) is 75.9 cm³/mol. The molecule has 2 N–H and O–H groups in total. The molecule has 0 aromatic heterocycles. The molecule has 2 unspecified atom stereocenters. The van der Waals surface area contributed by atoms with Crippen LogP contribution >= 0.6 is 0 Å². The van der Waals surface area contributed by atoms with Crippen LogP contribution in [0.5, 0.6) is 0 Å². The molecule has 2 rings (SSSR count). The van der Waals surface area contributed by atoms with Crippen LogP contribution in [-0.2, 0) is 4.74 Å². The fourth-order valence-corrected chi connectivity index (χ4v) is 2.83. The van der Waals surface area contributed by atoms with Gasteiger partial charge in [-0.1, -0.05) is 6.92 Å². The number of hydrogen-bond donors (Lipinski definition) is 1. The van der Waals surface area contributed by atoms with Gasteiger partial charge in [0.05, 0.1) is 11.6 Å². The first-order valence-corrected chi connectivity index (χ1v) is 6.92. The summed E-state index contributed by atoms with van der Waals surface area (Å²) in [5.74, 6) is -0.211. The predicted octanol–water partition coefficient (Wildman–Crippen LogP) is 2.55. The minimum atomic E-state index is -0.211. The molecule has 1 saturated heterocycles. The highest BCUT2D eigenvalue weighted by molar-refractivity contribution is 5.48. The van der Waals surface area contributed by atoms with Gasteiger partial charge in [0.1, 0.15) is 5.82 Å². The highest BCUT2D eigenvalue weighted by Crippen LogP contribution is 2.33. The SMILES string of the molecule is CCC1CC(CN)(N(C)c2ccc(F)cc2)CCO1. The second-order valence-electron chi connectivity index (χ2n) is 5.32. The van der Waals surface area contributed by atoms with Crippen molar-refractivity contribution in [3.8, 4) is 0 Å². The zero-order chi connectivity index (χ0) is 13.9. The quantitative estimate of drug-likeness (QED) is 0.910. The average molecular weight is 266 g/mol. The van der Waals surface area contributed by atoms with Crippen molar-refractivity contribution in [2.75, 3.05) is 25.1 Å². The molecule has 1 fully saturated rings. The van der Waals surface area contributed by atoms with Gasteiger partial charge in [0.2, 0.25) is 0 Å². The van der Waals surface area contributed by atoms with Gasteiger partial charge in [-0.3, -0.25) is 0 Å². The van der Waals surface area contributed by atoms with Crippen molar-refractivity contribution in [1.29, 1.82) is 0 Å². The minimum Gasteiger partial charge on any atom is -0.378 e. The van der Waals surface area contributed by atoms with Gasteiger partial charge in [-0.15, -0.1) is 0 Å². The van der Waals surface area contributed by atoms with E-state index >= 15 is 0 Å². The fourth-order valence-electron chi connectivity index (χ4n) is 2.83. The second kappa shape index (κ2) is 5.88. The van der Waals surface area contributed by atoms with Crippen LogP contribution in [-0.4, -0.2) is 31.8 Å². The maximum Gasteiger partial charge on any atom is 0.123 e. The monoisotopic (exact) mass is 266 g/mol. The van der Waals surface area contributed by atoms with Crippen LogP contribution < -0.4 is 10.6 Å². The first kappa shape index (κ1) is 14.3. The Morgan fingerprint density at radius 1 is 1.42 bits per heavy atom. The number of rotatable bonds is 4. The summed E-state index contributed by atoms with van der Waals surface area (Å²) in [6.45, 7) is 3.46. The van der Waals surface area contributed by atoms with E-state index in [1.807, 2.05) is 19.2 Å². The number of anilines is 1. The maximum atomic E-state index is 13.0. The third-order valence-corrected chi connectivity index (χ3v) is 4.29. The lowest BCUT2D eigenvalue weighted by molar-refractivity contribution is -0.0188. The lowest BCUT2D eigenvalue weighted by Gasteiger charge is -2.47. The third-order valence-electron chi connectivity index (χ3n) is 4.29. The summed E-state index contributed by atoms with van der Waals surface area (Å²) in [4.78, 5) is 2.19. The van der Waals surface area contributed by atoms with Crippen LogP contribution in [0.4, 0.5) is 10.1 Å². The number of nitrogens with zero attached hydrogens (tertiary/aromatic N) is 1. The number of halogens is 1. The van der Waals surface area contributed by atoms with E-state index in [1.165, 1.54) is 12.1 Å². The Labute approximate surface area is 114 Å². The summed E-state index contributed by atoms with van der Waals surface area (Å²) in [6.07, 6.45) is 3.10. The molecule has 0 amide bonds. The molecule has 1 heterocycles. The molecule has 0 saturated carbocycles. The van der Waals surface area contributed by atoms with Gasteiger partial charge in [-0.2, -0.15) is 0 Å². The van der Waals surface area contributed by atoms with E-state index in [9.17, 15) is 4.39 Å². The van der Waals surface area contributed by atoms with Crippen LogP contribution in [0.25, 0.3) is 0 Å². The van der Waals surface area contributed by atoms with Crippen molar-refractivity contribution in [2.45, 2.75) is 37.8 Å². The van der Waals surface area contributed by atoms with E-state index < -0.39 is 0 Å². The average Bonchev–Trinajstić information content (AvgIpc) is 2.47. The number of benzene rings is 1. The Balaban J connectivity index is 2.22. The van der Waals surface area contributed by atoms with Crippen molar-refractivity contribution < 1.29 is 9.13 Å². The molecule has 1 aliphatic heterocycles. The molecule has 4 heteroatoms. The largest absolute Gasteiger partial charge is 0.378 e. The van der Waals surface area contributed by atoms with Crippen molar-refractivity contribution in [1.82, 2.24) is 0 Å². The van der Waals surface area contributed by atoms with Crippen molar-refractivity contribution >= 4 is 5.69 Å². The van der Waals surface area contributed by atoms with Crippen LogP contribution in [0.15, 0.2) is 24.3 Å². The third kappa shape index (κ3) is 2.90. The van der Waals surface area contributed by atoms with Crippen LogP contribution in [0.2, 0.25) is 0 Å². The number of likely N-dealkylation sites (N-methyl/N-ethyl adjacent to an activating group) is 1. The van der Waals surface area contributed by atoms with Crippen LogP contribution in [0, 0.1) is 5.82 Å². The maximum absolute atomic E-state index is 13.0. The molecule has 0 aliphatic carbocycles. The van der Waals surface area contributed by atoms with Gasteiger partial charge >= 0.3 is 0 Å². The van der Waals surface area contributed by atoms with E-state index in [0.29, 0.717) is 6.54 Å². The normalized spacial score (nSPS) is 27.3. The van der Waals surface area contributed by atoms with Crippen molar-refractivity contribution in [2.24, 2.45) is 5.73 Å². The zero-order valence-corrected chi connectivity index (χ0v) is 11.7. The molecule has 0 radical (unpaired) electrons. The smallest absolute Gasteiger partial charge is 0.123 e. The molecule has 19 heavy (non-hydrogen) atoms. The van der Waals surface area contributed by atoms with E-state index in [2.05, 4.69) is 11.8 Å². The summed E-state index contributed by atoms with van der Waals surface area (Å²) in [5.41, 5.74) is 6.97. The molecule has 1 aromatic rings. The highest BCUT2D eigenvalue weighted by Gasteiger charge is 2.39. The lowest BCUT2D eigenvalue weighted by atomic mass is 9.84. The molecule has 1 aliphatic rings. The molecule has 2 atom stereocenters. The van der Waals surface area contributed by atoms with Crippen molar-refractivity contribution in [3.63, 3.8) is 0 Å². The summed E-state index contributed by atoms with van der Waals surface area (Å²) >= 11 is 0. The second-order valence-corrected chi connectivity index (χ2v) is 5.32. The summed E-state index contributed by atoms with van der Waals surface area (Å²) in [7, 11) is 2.04. The Kier molecular flexibility index (Phi) is 4.42. The first-order valence-electron chi connectivity index (χ1n) is 6.92. The van der Waals surface area contributed by atoms with E-state index in [1.54, 1.807) is 0 Å². The summed E-state index contributed by atoms with van der Waals surface area (Å²) in [6, 6.07) is 6.60. The van der Waals surface area contributed by atoms with Gasteiger partial charge in [0.25, 0.3) is 0 Å². The van der Waals surface area contributed by atoms with E-state index in [-0.39, 0.29) is 17.5 Å².